The molecule has 118 valence electrons. The Balaban J connectivity index is 1.63. The molecule has 22 heavy (non-hydrogen) atoms. The quantitative estimate of drug-likeness (QED) is 0.739. The first-order valence-corrected chi connectivity index (χ1v) is 8.70. The third-order valence-corrected chi connectivity index (χ3v) is 5.27. The van der Waals surface area contributed by atoms with Crippen LogP contribution < -0.4 is 0 Å². The van der Waals surface area contributed by atoms with Crippen LogP contribution in [0.3, 0.4) is 0 Å². The Morgan fingerprint density at radius 3 is 2.55 bits per heavy atom. The van der Waals surface area contributed by atoms with E-state index in [0.717, 1.165) is 25.9 Å². The molecule has 0 saturated carbocycles. The smallest absolute Gasteiger partial charge is 0.410 e. The molecule has 0 spiro atoms. The highest BCUT2D eigenvalue weighted by Crippen LogP contribution is 2.36. The number of hydrogen-bond donors (Lipinski definition) is 0. The third-order valence-electron chi connectivity index (χ3n) is 3.99. The van der Waals surface area contributed by atoms with Gasteiger partial charge in [0, 0.05) is 22.7 Å². The highest BCUT2D eigenvalue weighted by Gasteiger charge is 2.28. The molecule has 0 radical (unpaired) electrons. The molecule has 4 heteroatoms. The SMILES string of the molecule is CC(C)(C)OC(=O)N1CCC(c2cc3ccccc3s2)CC1. The highest BCUT2D eigenvalue weighted by molar-refractivity contribution is 7.19. The van der Waals surface area contributed by atoms with Gasteiger partial charge in [-0.2, -0.15) is 0 Å². The zero-order valence-corrected chi connectivity index (χ0v) is 14.3. The maximum absolute atomic E-state index is 12.1. The number of hydrogen-bond acceptors (Lipinski definition) is 3. The largest absolute Gasteiger partial charge is 0.444 e. The van der Waals surface area contributed by atoms with Gasteiger partial charge in [-0.25, -0.2) is 4.79 Å². The third kappa shape index (κ3) is 3.43. The van der Waals surface area contributed by atoms with E-state index in [4.69, 9.17) is 4.74 Å². The monoisotopic (exact) mass is 317 g/mol. The predicted octanol–water partition coefficient (Wildman–Crippen LogP) is 5.02. The van der Waals surface area contributed by atoms with Crippen LogP contribution in [0.15, 0.2) is 30.3 Å². The number of benzene rings is 1. The van der Waals surface area contributed by atoms with E-state index in [-0.39, 0.29) is 6.09 Å². The number of amides is 1. The molecule has 2 aromatic rings. The lowest BCUT2D eigenvalue weighted by Crippen LogP contribution is -2.41. The van der Waals surface area contributed by atoms with Gasteiger partial charge in [0.1, 0.15) is 5.60 Å². The zero-order valence-electron chi connectivity index (χ0n) is 13.5. The van der Waals surface area contributed by atoms with Crippen LogP contribution >= 0.6 is 11.3 Å². The van der Waals surface area contributed by atoms with Crippen molar-refractivity contribution in [3.05, 3.63) is 35.2 Å². The van der Waals surface area contributed by atoms with Gasteiger partial charge in [-0.15, -0.1) is 11.3 Å². The molecule has 0 aliphatic carbocycles. The van der Waals surface area contributed by atoms with Gasteiger partial charge in [-0.3, -0.25) is 0 Å². The standard InChI is InChI=1S/C18H23NO2S/c1-18(2,3)21-17(20)19-10-8-13(9-11-19)16-12-14-6-4-5-7-15(14)22-16/h4-7,12-13H,8-11H2,1-3H3. The van der Waals surface area contributed by atoms with Gasteiger partial charge < -0.3 is 9.64 Å². The molecule has 1 aromatic heterocycles. The van der Waals surface area contributed by atoms with E-state index in [2.05, 4.69) is 30.3 Å². The average molecular weight is 317 g/mol. The lowest BCUT2D eigenvalue weighted by molar-refractivity contribution is 0.0205. The second kappa shape index (κ2) is 5.92. The molecule has 0 N–H and O–H groups in total. The topological polar surface area (TPSA) is 29.5 Å². The molecule has 3 nitrogen and oxygen atoms in total. The number of nitrogens with zero attached hydrogens (tertiary/aromatic N) is 1. The minimum absolute atomic E-state index is 0.178. The van der Waals surface area contributed by atoms with Gasteiger partial charge in [-0.1, -0.05) is 18.2 Å². The molecule has 2 heterocycles. The van der Waals surface area contributed by atoms with E-state index in [0.29, 0.717) is 5.92 Å². The molecule has 1 aliphatic heterocycles. The predicted molar refractivity (Wildman–Crippen MR) is 91.6 cm³/mol. The van der Waals surface area contributed by atoms with Gasteiger partial charge in [0.25, 0.3) is 0 Å². The number of piperidine rings is 1. The van der Waals surface area contributed by atoms with E-state index in [1.807, 2.05) is 37.0 Å². The normalized spacial score (nSPS) is 17.0. The summed E-state index contributed by atoms with van der Waals surface area (Å²) in [5.74, 6) is 0.566. The van der Waals surface area contributed by atoms with Gasteiger partial charge in [-0.05, 0) is 57.0 Å². The Morgan fingerprint density at radius 1 is 1.23 bits per heavy atom. The van der Waals surface area contributed by atoms with Crippen molar-refractivity contribution in [2.24, 2.45) is 0 Å². The number of likely N-dealkylation sites (tertiary alicyclic amines) is 1. The summed E-state index contributed by atoms with van der Waals surface area (Å²) in [6, 6.07) is 10.8. The molecular weight excluding hydrogens is 294 g/mol. The van der Waals surface area contributed by atoms with Crippen molar-refractivity contribution in [1.82, 2.24) is 4.90 Å². The summed E-state index contributed by atoms with van der Waals surface area (Å²) in [5.41, 5.74) is -0.417. The van der Waals surface area contributed by atoms with E-state index < -0.39 is 5.60 Å². The van der Waals surface area contributed by atoms with Crippen molar-refractivity contribution in [1.29, 1.82) is 0 Å². The van der Waals surface area contributed by atoms with Crippen LogP contribution in [0.25, 0.3) is 10.1 Å². The molecule has 1 aromatic carbocycles. The van der Waals surface area contributed by atoms with E-state index >= 15 is 0 Å². The van der Waals surface area contributed by atoms with Crippen LogP contribution in [0.2, 0.25) is 0 Å². The Kier molecular flexibility index (Phi) is 4.13. The second-order valence-corrected chi connectivity index (χ2v) is 8.04. The zero-order chi connectivity index (χ0) is 15.7. The summed E-state index contributed by atoms with van der Waals surface area (Å²) >= 11 is 1.89. The average Bonchev–Trinajstić information content (AvgIpc) is 2.89. The molecule has 0 unspecified atom stereocenters. The molecule has 1 aliphatic rings. The summed E-state index contributed by atoms with van der Waals surface area (Å²) in [6.07, 6.45) is 1.86. The Bertz CT molecular complexity index is 630. The first kappa shape index (κ1) is 15.3. The Hall–Kier alpha value is -1.55. The number of ether oxygens (including phenoxy) is 1. The van der Waals surface area contributed by atoms with Crippen molar-refractivity contribution in [3.63, 3.8) is 0 Å². The lowest BCUT2D eigenvalue weighted by Gasteiger charge is -2.33. The van der Waals surface area contributed by atoms with E-state index in [1.165, 1.54) is 15.0 Å². The fraction of sp³-hybridized carbons (Fsp3) is 0.500. The van der Waals surface area contributed by atoms with Gasteiger partial charge in [0.15, 0.2) is 0 Å². The molecule has 1 saturated heterocycles. The summed E-state index contributed by atoms with van der Waals surface area (Å²) in [7, 11) is 0. The maximum atomic E-state index is 12.1. The second-order valence-electron chi connectivity index (χ2n) is 6.93. The number of carbonyl (C=O) groups excluding carboxylic acids is 1. The molecule has 1 amide bonds. The van der Waals surface area contributed by atoms with Crippen molar-refractivity contribution in [2.45, 2.75) is 45.1 Å². The first-order chi connectivity index (χ1) is 10.4. The fourth-order valence-electron chi connectivity index (χ4n) is 2.88. The van der Waals surface area contributed by atoms with E-state index in [9.17, 15) is 4.79 Å². The van der Waals surface area contributed by atoms with E-state index in [1.54, 1.807) is 0 Å². The molecule has 0 atom stereocenters. The Morgan fingerprint density at radius 2 is 1.91 bits per heavy atom. The van der Waals surface area contributed by atoms with Crippen molar-refractivity contribution < 1.29 is 9.53 Å². The molecule has 1 fully saturated rings. The van der Waals surface area contributed by atoms with Crippen LogP contribution in [0.1, 0.15) is 44.4 Å². The highest BCUT2D eigenvalue weighted by atomic mass is 32.1. The number of carbonyl (C=O) groups is 1. The summed E-state index contributed by atoms with van der Waals surface area (Å²) in [4.78, 5) is 15.4. The van der Waals surface area contributed by atoms with Crippen molar-refractivity contribution >= 4 is 27.5 Å². The minimum atomic E-state index is -0.417. The number of thiophene rings is 1. The van der Waals surface area contributed by atoms with Gasteiger partial charge in [0.05, 0.1) is 0 Å². The van der Waals surface area contributed by atoms with Crippen LogP contribution in [0, 0.1) is 0 Å². The summed E-state index contributed by atoms with van der Waals surface area (Å²) in [6.45, 7) is 7.31. The molecule has 3 rings (SSSR count). The molecule has 0 bridgehead atoms. The van der Waals surface area contributed by atoms with Gasteiger partial charge >= 0.3 is 6.09 Å². The van der Waals surface area contributed by atoms with Gasteiger partial charge in [0.2, 0.25) is 0 Å². The van der Waals surface area contributed by atoms with Crippen LogP contribution in [-0.4, -0.2) is 29.7 Å². The van der Waals surface area contributed by atoms with Crippen molar-refractivity contribution in [3.8, 4) is 0 Å². The van der Waals surface area contributed by atoms with Crippen LogP contribution in [0.5, 0.6) is 0 Å². The summed E-state index contributed by atoms with van der Waals surface area (Å²) < 4.78 is 6.81. The van der Waals surface area contributed by atoms with Crippen LogP contribution in [0.4, 0.5) is 4.79 Å². The van der Waals surface area contributed by atoms with Crippen LogP contribution in [-0.2, 0) is 4.74 Å². The maximum Gasteiger partial charge on any atom is 0.410 e. The minimum Gasteiger partial charge on any atom is -0.444 e. The van der Waals surface area contributed by atoms with Crippen molar-refractivity contribution in [2.75, 3.05) is 13.1 Å². The lowest BCUT2D eigenvalue weighted by atomic mass is 9.95. The Labute approximate surface area is 135 Å². The first-order valence-electron chi connectivity index (χ1n) is 7.89. The fourth-order valence-corrected chi connectivity index (χ4v) is 4.11. The summed E-state index contributed by atoms with van der Waals surface area (Å²) in [5, 5.41) is 1.33. The number of rotatable bonds is 1. The number of fused-ring (bicyclic) bond motifs is 1. The molecular formula is C18H23NO2S.